The first-order valence-electron chi connectivity index (χ1n) is 12.5. The Bertz CT molecular complexity index is 1490. The lowest BCUT2D eigenvalue weighted by Gasteiger charge is -2.19. The number of rotatable bonds is 15. The number of ether oxygens (including phenoxy) is 1. The summed E-state index contributed by atoms with van der Waals surface area (Å²) in [5.74, 6) is -4.92. The van der Waals surface area contributed by atoms with E-state index >= 15 is 0 Å². The predicted molar refractivity (Wildman–Crippen MR) is 146 cm³/mol. The van der Waals surface area contributed by atoms with E-state index in [2.05, 4.69) is 37.1 Å². The molecule has 0 saturated heterocycles. The predicted octanol–water partition coefficient (Wildman–Crippen LogP) is 1.08. The van der Waals surface area contributed by atoms with Gasteiger partial charge in [0.25, 0.3) is 11.5 Å². The molecule has 1 unspecified atom stereocenters. The summed E-state index contributed by atoms with van der Waals surface area (Å²) in [6, 6.07) is 4.69. The largest absolute Gasteiger partial charge is 0.481 e. The van der Waals surface area contributed by atoms with E-state index in [0.29, 0.717) is 24.2 Å². The summed E-state index contributed by atoms with van der Waals surface area (Å²) in [5.41, 5.74) is 6.36. The molecule has 0 fully saturated rings. The average Bonchev–Trinajstić information content (AvgIpc) is 2.94. The van der Waals surface area contributed by atoms with Gasteiger partial charge < -0.3 is 31.3 Å². The summed E-state index contributed by atoms with van der Waals surface area (Å²) < 4.78 is 4.84. The molecule has 1 aromatic carbocycles. The highest BCUT2D eigenvalue weighted by molar-refractivity contribution is 5.97. The minimum atomic E-state index is -1.43. The van der Waals surface area contributed by atoms with Gasteiger partial charge in [0.15, 0.2) is 11.2 Å². The Kier molecular flexibility index (Phi) is 10.4. The molecular formula is C26H29N7O8. The number of benzene rings is 1. The molecule has 2 heterocycles. The van der Waals surface area contributed by atoms with Crippen molar-refractivity contribution < 1.29 is 34.1 Å². The molecule has 0 spiro atoms. The van der Waals surface area contributed by atoms with Crippen molar-refractivity contribution in [3.05, 3.63) is 64.7 Å². The average molecular weight is 568 g/mol. The maximum Gasteiger partial charge on any atom is 0.330 e. The van der Waals surface area contributed by atoms with Crippen molar-refractivity contribution in [3.63, 3.8) is 0 Å². The molecule has 7 N–H and O–H groups in total. The molecule has 1 amide bonds. The molecule has 0 saturated carbocycles. The number of carbonyl (C=O) groups excluding carboxylic acids is 2. The zero-order chi connectivity index (χ0) is 29.9. The molecule has 15 nitrogen and oxygen atoms in total. The van der Waals surface area contributed by atoms with E-state index in [4.69, 9.17) is 10.5 Å². The molecule has 15 heteroatoms. The van der Waals surface area contributed by atoms with Gasteiger partial charge in [-0.15, -0.1) is 0 Å². The van der Waals surface area contributed by atoms with Crippen LogP contribution in [0.1, 0.15) is 41.7 Å². The maximum absolute atomic E-state index is 12.7. The minimum Gasteiger partial charge on any atom is -0.481 e. The number of aromatic nitrogens is 4. The Morgan fingerprint density at radius 3 is 2.49 bits per heavy atom. The number of nitrogens with one attached hydrogen (secondary N) is 3. The van der Waals surface area contributed by atoms with Gasteiger partial charge in [0.05, 0.1) is 31.0 Å². The number of H-pyrrole nitrogens is 1. The monoisotopic (exact) mass is 567 g/mol. The second-order valence-electron chi connectivity index (χ2n) is 8.92. The number of unbranched alkanes of at least 4 members (excludes halogenated alkanes) is 1. The van der Waals surface area contributed by atoms with Crippen molar-refractivity contribution in [3.8, 4) is 0 Å². The van der Waals surface area contributed by atoms with Crippen molar-refractivity contribution in [2.45, 2.75) is 38.3 Å². The fourth-order valence-corrected chi connectivity index (χ4v) is 3.80. The second kappa shape index (κ2) is 14.2. The third kappa shape index (κ3) is 8.84. The van der Waals surface area contributed by atoms with Gasteiger partial charge in [0.1, 0.15) is 6.04 Å². The highest BCUT2D eigenvalue weighted by Crippen LogP contribution is 2.17. The van der Waals surface area contributed by atoms with E-state index in [0.717, 1.165) is 6.08 Å². The standard InChI is InChI=1S/C26H29N7O8/c1-2-19(34)41-10-4-3-5-15(24(37)38)11-18(25(39)40)31-22(35)14-6-8-16(9-7-14)28-12-17-13-29-21-20(30-17)23(36)33-26(27)32-21/h2,6-9,13,15,18,28H,1,3-5,10-12H2,(H,31,35)(H,37,38)(H,39,40)(H3,27,29,32,33,36)/t15?,18-/m0/s1. The number of amides is 1. The third-order valence-electron chi connectivity index (χ3n) is 5.94. The van der Waals surface area contributed by atoms with Crippen LogP contribution in [0.5, 0.6) is 0 Å². The number of hydrogen-bond acceptors (Lipinski definition) is 11. The number of hydrogen-bond donors (Lipinski definition) is 6. The third-order valence-corrected chi connectivity index (χ3v) is 5.94. The van der Waals surface area contributed by atoms with Gasteiger partial charge >= 0.3 is 17.9 Å². The van der Waals surface area contributed by atoms with Crippen molar-refractivity contribution >= 4 is 46.6 Å². The first kappa shape index (κ1) is 30.2. The van der Waals surface area contributed by atoms with E-state index in [1.165, 1.54) is 18.3 Å². The summed E-state index contributed by atoms with van der Waals surface area (Å²) in [7, 11) is 0. The molecule has 3 aromatic rings. The molecule has 2 atom stereocenters. The number of nitrogens with zero attached hydrogens (tertiary/aromatic N) is 3. The number of aliphatic carboxylic acids is 2. The maximum atomic E-state index is 12.7. The highest BCUT2D eigenvalue weighted by Gasteiger charge is 2.28. The van der Waals surface area contributed by atoms with E-state index in [1.54, 1.807) is 12.1 Å². The van der Waals surface area contributed by atoms with Crippen LogP contribution >= 0.6 is 0 Å². The topological polar surface area (TPSA) is 240 Å². The molecule has 0 bridgehead atoms. The van der Waals surface area contributed by atoms with Crippen molar-refractivity contribution in [1.29, 1.82) is 0 Å². The fraction of sp³-hybridized carbons (Fsp3) is 0.308. The van der Waals surface area contributed by atoms with Crippen LogP contribution in [-0.4, -0.2) is 66.6 Å². The quantitative estimate of drug-likeness (QED) is 0.0857. The van der Waals surface area contributed by atoms with Crippen LogP contribution in [0.3, 0.4) is 0 Å². The first-order chi connectivity index (χ1) is 19.6. The summed E-state index contributed by atoms with van der Waals surface area (Å²) in [6.45, 7) is 3.57. The van der Waals surface area contributed by atoms with Crippen LogP contribution in [0.25, 0.3) is 11.2 Å². The van der Waals surface area contributed by atoms with E-state index in [9.17, 15) is 34.2 Å². The SMILES string of the molecule is C=CC(=O)OCCCCC(C[C@H](NC(=O)c1ccc(NCc2cnc3nc(N)[nH]c(=O)c3n2)cc1)C(=O)O)C(=O)O. The zero-order valence-corrected chi connectivity index (χ0v) is 21.8. The van der Waals surface area contributed by atoms with Crippen LogP contribution < -0.4 is 21.9 Å². The summed E-state index contributed by atoms with van der Waals surface area (Å²) >= 11 is 0. The van der Waals surface area contributed by atoms with Crippen LogP contribution in [0.4, 0.5) is 11.6 Å². The van der Waals surface area contributed by atoms with Crippen molar-refractivity contribution in [2.24, 2.45) is 5.92 Å². The van der Waals surface area contributed by atoms with Crippen LogP contribution in [-0.2, 0) is 25.7 Å². The number of esters is 1. The number of carboxylic acids is 2. The van der Waals surface area contributed by atoms with Crippen molar-refractivity contribution in [1.82, 2.24) is 25.3 Å². The number of nitrogen functional groups attached to an aromatic ring is 1. The van der Waals surface area contributed by atoms with Gasteiger partial charge in [-0.3, -0.25) is 19.4 Å². The number of nitrogens with two attached hydrogens (primary N) is 1. The van der Waals surface area contributed by atoms with Crippen LogP contribution in [0.15, 0.2) is 47.9 Å². The lowest BCUT2D eigenvalue weighted by atomic mass is 9.94. The summed E-state index contributed by atoms with van der Waals surface area (Å²) in [4.78, 5) is 73.8. The first-order valence-corrected chi connectivity index (χ1v) is 12.5. The normalized spacial score (nSPS) is 12.2. The van der Waals surface area contributed by atoms with Gasteiger partial charge in [-0.2, -0.15) is 4.98 Å². The van der Waals surface area contributed by atoms with Gasteiger partial charge in [0, 0.05) is 17.3 Å². The Morgan fingerprint density at radius 2 is 1.83 bits per heavy atom. The summed E-state index contributed by atoms with van der Waals surface area (Å²) in [5, 5.41) is 24.6. The second-order valence-corrected chi connectivity index (χ2v) is 8.92. The van der Waals surface area contributed by atoms with Gasteiger partial charge in [-0.1, -0.05) is 6.58 Å². The highest BCUT2D eigenvalue weighted by atomic mass is 16.5. The molecule has 0 aliphatic carbocycles. The summed E-state index contributed by atoms with van der Waals surface area (Å²) in [6.07, 6.45) is 3.05. The Hall–Kier alpha value is -5.34. The molecule has 41 heavy (non-hydrogen) atoms. The lowest BCUT2D eigenvalue weighted by molar-refractivity contribution is -0.144. The van der Waals surface area contributed by atoms with E-state index in [1.807, 2.05) is 0 Å². The zero-order valence-electron chi connectivity index (χ0n) is 21.8. The molecule has 0 aliphatic heterocycles. The Morgan fingerprint density at radius 1 is 1.10 bits per heavy atom. The molecule has 0 aliphatic rings. The van der Waals surface area contributed by atoms with Gasteiger partial charge in [-0.25, -0.2) is 19.6 Å². The lowest BCUT2D eigenvalue weighted by Crippen LogP contribution is -2.43. The van der Waals surface area contributed by atoms with Crippen LogP contribution in [0.2, 0.25) is 0 Å². The number of carboxylic acid groups (broad SMARTS) is 2. The smallest absolute Gasteiger partial charge is 0.330 e. The minimum absolute atomic E-state index is 0.0395. The molecular weight excluding hydrogens is 538 g/mol. The molecule has 216 valence electrons. The van der Waals surface area contributed by atoms with E-state index in [-0.39, 0.29) is 48.7 Å². The molecule has 3 rings (SSSR count). The van der Waals surface area contributed by atoms with Crippen LogP contribution in [0, 0.1) is 5.92 Å². The molecule has 2 aromatic heterocycles. The van der Waals surface area contributed by atoms with Gasteiger partial charge in [-0.05, 0) is 49.9 Å². The number of anilines is 2. The van der Waals surface area contributed by atoms with Gasteiger partial charge in [0.2, 0.25) is 5.95 Å². The number of carbonyl (C=O) groups is 4. The number of aromatic amines is 1. The molecule has 0 radical (unpaired) electrons. The number of fused-ring (bicyclic) bond motifs is 1. The van der Waals surface area contributed by atoms with Crippen molar-refractivity contribution in [2.75, 3.05) is 17.7 Å². The Labute approximate surface area is 232 Å². The van der Waals surface area contributed by atoms with E-state index < -0.39 is 41.3 Å². The Balaban J connectivity index is 1.55. The fourth-order valence-electron chi connectivity index (χ4n) is 3.80.